The molecule has 0 radical (unpaired) electrons. The molecule has 0 saturated heterocycles. The van der Waals surface area contributed by atoms with E-state index in [2.05, 4.69) is 0 Å². The van der Waals surface area contributed by atoms with E-state index in [1.807, 2.05) is 0 Å². The van der Waals surface area contributed by atoms with E-state index < -0.39 is 35.0 Å². The number of nitrogens with zero attached hydrogens (tertiary/aromatic N) is 1. The van der Waals surface area contributed by atoms with Gasteiger partial charge in [-0.3, -0.25) is 10.1 Å². The molecular weight excluding hydrogens is 241 g/mol. The zero-order valence-electron chi connectivity index (χ0n) is 8.44. The van der Waals surface area contributed by atoms with Gasteiger partial charge in [0.25, 0.3) is 0 Å². The third-order valence-electron chi connectivity index (χ3n) is 2.11. The quantitative estimate of drug-likeness (QED) is 0.631. The van der Waals surface area contributed by atoms with E-state index in [1.165, 1.54) is 0 Å². The average Bonchev–Trinajstić information content (AvgIpc) is 2.19. The second-order valence-corrected chi connectivity index (χ2v) is 3.43. The molecule has 0 aliphatic rings. The molecular formula is C9H9F3N2O3. The van der Waals surface area contributed by atoms with Crippen molar-refractivity contribution in [1.29, 1.82) is 0 Å². The number of phenols is 1. The van der Waals surface area contributed by atoms with E-state index in [0.29, 0.717) is 0 Å². The molecule has 3 N–H and O–H groups in total. The van der Waals surface area contributed by atoms with Gasteiger partial charge >= 0.3 is 11.9 Å². The molecule has 1 atom stereocenters. The summed E-state index contributed by atoms with van der Waals surface area (Å²) in [5.74, 6) is -0.598. The molecule has 17 heavy (non-hydrogen) atoms. The fourth-order valence-electron chi connectivity index (χ4n) is 1.21. The number of nitro benzene ring substituents is 1. The van der Waals surface area contributed by atoms with Crippen LogP contribution in [0.3, 0.4) is 0 Å². The number of halogens is 3. The lowest BCUT2D eigenvalue weighted by atomic mass is 10.1. The largest absolute Gasteiger partial charge is 0.502 e. The highest BCUT2D eigenvalue weighted by Gasteiger charge is 2.36. The van der Waals surface area contributed by atoms with E-state index in [1.54, 1.807) is 0 Å². The van der Waals surface area contributed by atoms with Crippen molar-refractivity contribution in [2.45, 2.75) is 18.6 Å². The predicted octanol–water partition coefficient (Wildman–Crippen LogP) is 1.73. The SMILES string of the molecule is NC(Cc1ccc(O)c([N+](=O)[O-])c1)C(F)(F)F. The molecule has 8 heteroatoms. The van der Waals surface area contributed by atoms with Crippen molar-refractivity contribution in [3.05, 3.63) is 33.9 Å². The molecule has 1 unspecified atom stereocenters. The Morgan fingerprint density at radius 3 is 2.53 bits per heavy atom. The zero-order valence-corrected chi connectivity index (χ0v) is 8.44. The van der Waals surface area contributed by atoms with E-state index >= 15 is 0 Å². The van der Waals surface area contributed by atoms with Crippen LogP contribution >= 0.6 is 0 Å². The van der Waals surface area contributed by atoms with Gasteiger partial charge in [0.2, 0.25) is 0 Å². The summed E-state index contributed by atoms with van der Waals surface area (Å²) in [5.41, 5.74) is 4.29. The van der Waals surface area contributed by atoms with E-state index in [4.69, 9.17) is 10.8 Å². The summed E-state index contributed by atoms with van der Waals surface area (Å²) < 4.78 is 36.5. The fraction of sp³-hybridized carbons (Fsp3) is 0.333. The summed E-state index contributed by atoms with van der Waals surface area (Å²) in [7, 11) is 0. The maximum absolute atomic E-state index is 12.2. The molecule has 94 valence electrons. The Balaban J connectivity index is 2.94. The Hall–Kier alpha value is -1.83. The minimum Gasteiger partial charge on any atom is -0.502 e. The Bertz CT molecular complexity index is 434. The minimum atomic E-state index is -4.56. The van der Waals surface area contributed by atoms with Gasteiger partial charge in [0.15, 0.2) is 5.75 Å². The van der Waals surface area contributed by atoms with Gasteiger partial charge in [-0.25, -0.2) is 0 Å². The lowest BCUT2D eigenvalue weighted by molar-refractivity contribution is -0.385. The van der Waals surface area contributed by atoms with Crippen LogP contribution in [0.15, 0.2) is 18.2 Å². The van der Waals surface area contributed by atoms with Gasteiger partial charge in [-0.2, -0.15) is 13.2 Å². The molecule has 0 fully saturated rings. The minimum absolute atomic E-state index is 0.0410. The van der Waals surface area contributed by atoms with Gasteiger partial charge < -0.3 is 10.8 Å². The summed E-state index contributed by atoms with van der Waals surface area (Å²) in [6.07, 6.45) is -5.14. The van der Waals surface area contributed by atoms with Gasteiger partial charge in [0.1, 0.15) is 6.04 Å². The average molecular weight is 250 g/mol. The van der Waals surface area contributed by atoms with Crippen LogP contribution in [0.5, 0.6) is 5.75 Å². The summed E-state index contributed by atoms with van der Waals surface area (Å²) >= 11 is 0. The van der Waals surface area contributed by atoms with Crippen molar-refractivity contribution >= 4 is 5.69 Å². The fourth-order valence-corrected chi connectivity index (χ4v) is 1.21. The predicted molar refractivity (Wildman–Crippen MR) is 52.5 cm³/mol. The molecule has 1 aromatic rings. The number of hydrogen-bond donors (Lipinski definition) is 2. The third kappa shape index (κ3) is 3.31. The number of phenolic OH excluding ortho intramolecular Hbond substituents is 1. The monoisotopic (exact) mass is 250 g/mol. The molecule has 0 aromatic heterocycles. The Morgan fingerprint density at radius 2 is 2.06 bits per heavy atom. The van der Waals surface area contributed by atoms with E-state index in [-0.39, 0.29) is 5.56 Å². The van der Waals surface area contributed by atoms with Crippen LogP contribution < -0.4 is 5.73 Å². The highest BCUT2D eigenvalue weighted by atomic mass is 19.4. The molecule has 1 rings (SSSR count). The second-order valence-electron chi connectivity index (χ2n) is 3.43. The Morgan fingerprint density at radius 1 is 1.47 bits per heavy atom. The molecule has 0 spiro atoms. The standard InChI is InChI=1S/C9H9F3N2O3/c10-9(11,12)8(13)4-5-1-2-7(15)6(3-5)14(16)17/h1-3,8,15H,4,13H2. The van der Waals surface area contributed by atoms with Crippen LogP contribution in [0, 0.1) is 10.1 Å². The van der Waals surface area contributed by atoms with Gasteiger partial charge in [-0.15, -0.1) is 0 Å². The van der Waals surface area contributed by atoms with E-state index in [9.17, 15) is 23.3 Å². The molecule has 5 nitrogen and oxygen atoms in total. The number of aromatic hydroxyl groups is 1. The molecule has 0 heterocycles. The number of hydrogen-bond acceptors (Lipinski definition) is 4. The van der Waals surface area contributed by atoms with Gasteiger partial charge in [-0.05, 0) is 18.1 Å². The van der Waals surface area contributed by atoms with Crippen LogP contribution in [0.25, 0.3) is 0 Å². The first-order valence-electron chi connectivity index (χ1n) is 4.50. The van der Waals surface area contributed by atoms with Crippen LogP contribution in [-0.2, 0) is 6.42 Å². The molecule has 0 aliphatic heterocycles. The summed E-state index contributed by atoms with van der Waals surface area (Å²) in [6, 6.07) is 0.914. The first kappa shape index (κ1) is 13.2. The van der Waals surface area contributed by atoms with Gasteiger partial charge in [0, 0.05) is 6.07 Å². The number of benzene rings is 1. The van der Waals surface area contributed by atoms with Crippen LogP contribution in [-0.4, -0.2) is 22.2 Å². The summed E-state index contributed by atoms with van der Waals surface area (Å²) in [4.78, 5) is 9.57. The molecule has 0 amide bonds. The van der Waals surface area contributed by atoms with Crippen LogP contribution in [0.2, 0.25) is 0 Å². The summed E-state index contributed by atoms with van der Waals surface area (Å²) in [6.45, 7) is 0. The smallest absolute Gasteiger partial charge is 0.403 e. The Kier molecular flexibility index (Phi) is 3.56. The van der Waals surface area contributed by atoms with Crippen LogP contribution in [0.4, 0.5) is 18.9 Å². The number of rotatable bonds is 3. The Labute approximate surface area is 93.8 Å². The van der Waals surface area contributed by atoms with Crippen molar-refractivity contribution in [2.75, 3.05) is 0 Å². The summed E-state index contributed by atoms with van der Waals surface area (Å²) in [5, 5.41) is 19.6. The van der Waals surface area contributed by atoms with Crippen molar-refractivity contribution in [3.63, 3.8) is 0 Å². The maximum atomic E-state index is 12.2. The van der Waals surface area contributed by atoms with Gasteiger partial charge in [0.05, 0.1) is 4.92 Å². The highest BCUT2D eigenvalue weighted by molar-refractivity contribution is 5.47. The van der Waals surface area contributed by atoms with Crippen molar-refractivity contribution in [3.8, 4) is 5.75 Å². The second kappa shape index (κ2) is 4.58. The lowest BCUT2D eigenvalue weighted by Crippen LogP contribution is -2.39. The zero-order chi connectivity index (χ0) is 13.2. The number of nitrogens with two attached hydrogens (primary N) is 1. The van der Waals surface area contributed by atoms with Crippen molar-refractivity contribution in [1.82, 2.24) is 0 Å². The van der Waals surface area contributed by atoms with Gasteiger partial charge in [-0.1, -0.05) is 6.07 Å². The number of alkyl halides is 3. The third-order valence-corrected chi connectivity index (χ3v) is 2.11. The first-order valence-corrected chi connectivity index (χ1v) is 4.50. The molecule has 0 aliphatic carbocycles. The molecule has 0 bridgehead atoms. The maximum Gasteiger partial charge on any atom is 0.403 e. The van der Waals surface area contributed by atoms with Crippen molar-refractivity contribution < 1.29 is 23.2 Å². The van der Waals surface area contributed by atoms with E-state index in [0.717, 1.165) is 18.2 Å². The first-order chi connectivity index (χ1) is 7.71. The lowest BCUT2D eigenvalue weighted by Gasteiger charge is -2.15. The van der Waals surface area contributed by atoms with Crippen molar-refractivity contribution in [2.24, 2.45) is 5.73 Å². The molecule has 1 aromatic carbocycles. The topological polar surface area (TPSA) is 89.4 Å². The normalized spacial score (nSPS) is 13.4. The number of nitro groups is 1. The molecule has 0 saturated carbocycles. The van der Waals surface area contributed by atoms with Crippen LogP contribution in [0.1, 0.15) is 5.56 Å². The highest BCUT2D eigenvalue weighted by Crippen LogP contribution is 2.28.